The lowest BCUT2D eigenvalue weighted by Gasteiger charge is -2.12. The number of rotatable bonds is 2. The molecule has 0 fully saturated rings. The van der Waals surface area contributed by atoms with Gasteiger partial charge in [-0.1, -0.05) is 12.1 Å². The van der Waals surface area contributed by atoms with Crippen LogP contribution in [0.15, 0.2) is 24.3 Å². The van der Waals surface area contributed by atoms with Crippen molar-refractivity contribution in [3.05, 3.63) is 46.5 Å². The molecule has 0 heterocycles. The van der Waals surface area contributed by atoms with E-state index in [4.69, 9.17) is 9.47 Å². The van der Waals surface area contributed by atoms with E-state index >= 15 is 0 Å². The molecule has 20 heavy (non-hydrogen) atoms. The van der Waals surface area contributed by atoms with Crippen molar-refractivity contribution in [1.29, 1.82) is 0 Å². The van der Waals surface area contributed by atoms with Crippen molar-refractivity contribution >= 4 is 22.7 Å². The number of fused-ring (bicyclic) bond motifs is 1. The van der Waals surface area contributed by atoms with E-state index in [1.54, 1.807) is 12.1 Å². The third kappa shape index (κ3) is 2.13. The van der Waals surface area contributed by atoms with Crippen molar-refractivity contribution in [3.63, 3.8) is 0 Å². The monoisotopic (exact) mass is 272 g/mol. The zero-order chi connectivity index (χ0) is 14.9. The van der Waals surface area contributed by atoms with Crippen LogP contribution in [-0.4, -0.2) is 26.2 Å². The quantitative estimate of drug-likeness (QED) is 0.788. The van der Waals surface area contributed by atoms with Crippen molar-refractivity contribution in [3.8, 4) is 0 Å². The average molecular weight is 272 g/mol. The molecule has 0 saturated heterocycles. The first kappa shape index (κ1) is 14.1. The summed E-state index contributed by atoms with van der Waals surface area (Å²) < 4.78 is 9.53. The molecule has 0 bridgehead atoms. The summed E-state index contributed by atoms with van der Waals surface area (Å²) >= 11 is 0. The topological polar surface area (TPSA) is 52.6 Å². The van der Waals surface area contributed by atoms with Crippen LogP contribution in [0.25, 0.3) is 10.8 Å². The van der Waals surface area contributed by atoms with E-state index < -0.39 is 0 Å². The number of ether oxygens (including phenoxy) is 2. The van der Waals surface area contributed by atoms with E-state index in [-0.39, 0.29) is 11.9 Å². The van der Waals surface area contributed by atoms with Gasteiger partial charge in [-0.15, -0.1) is 0 Å². The maximum absolute atomic E-state index is 11.7. The van der Waals surface area contributed by atoms with Crippen LogP contribution in [0.4, 0.5) is 0 Å². The second kappa shape index (κ2) is 5.33. The van der Waals surface area contributed by atoms with Crippen molar-refractivity contribution in [1.82, 2.24) is 0 Å². The Morgan fingerprint density at radius 3 is 1.40 bits per heavy atom. The van der Waals surface area contributed by atoms with Crippen LogP contribution in [-0.2, 0) is 9.47 Å². The molecule has 0 N–H and O–H groups in total. The van der Waals surface area contributed by atoms with Crippen LogP contribution < -0.4 is 0 Å². The molecular formula is C16H16O4. The molecule has 4 heteroatoms. The summed E-state index contributed by atoms with van der Waals surface area (Å²) in [6.07, 6.45) is 0. The van der Waals surface area contributed by atoms with Crippen molar-refractivity contribution in [2.45, 2.75) is 13.8 Å². The van der Waals surface area contributed by atoms with Gasteiger partial charge in [0.2, 0.25) is 0 Å². The summed E-state index contributed by atoms with van der Waals surface area (Å²) in [5.41, 5.74) is 2.75. The van der Waals surface area contributed by atoms with Gasteiger partial charge in [0.15, 0.2) is 0 Å². The fraction of sp³-hybridized carbons (Fsp3) is 0.250. The summed E-state index contributed by atoms with van der Waals surface area (Å²) in [6.45, 7) is 3.73. The molecule has 0 spiro atoms. The Morgan fingerprint density at radius 2 is 1.10 bits per heavy atom. The van der Waals surface area contributed by atoms with Gasteiger partial charge in [0, 0.05) is 0 Å². The van der Waals surface area contributed by atoms with Crippen LogP contribution in [0.3, 0.4) is 0 Å². The number of methoxy groups -OCH3 is 2. The molecule has 0 aliphatic heterocycles. The lowest BCUT2D eigenvalue weighted by Crippen LogP contribution is -2.06. The molecule has 104 valence electrons. The maximum Gasteiger partial charge on any atom is 0.338 e. The highest BCUT2D eigenvalue weighted by Gasteiger charge is 2.16. The molecule has 0 saturated carbocycles. The first-order valence-corrected chi connectivity index (χ1v) is 6.20. The van der Waals surface area contributed by atoms with Crippen LogP contribution in [0.2, 0.25) is 0 Å². The Morgan fingerprint density at radius 1 is 0.750 bits per heavy atom. The molecule has 2 aromatic rings. The number of aryl methyl sites for hydroxylation is 2. The predicted molar refractivity (Wildman–Crippen MR) is 76.1 cm³/mol. The summed E-state index contributed by atoms with van der Waals surface area (Å²) in [6, 6.07) is 7.10. The normalized spacial score (nSPS) is 10.4. The van der Waals surface area contributed by atoms with E-state index in [9.17, 15) is 9.59 Å². The number of esters is 2. The average Bonchev–Trinajstić information content (AvgIpc) is 2.47. The molecule has 0 unspecified atom stereocenters. The van der Waals surface area contributed by atoms with Gasteiger partial charge in [0.05, 0.1) is 25.3 Å². The van der Waals surface area contributed by atoms with E-state index in [0.29, 0.717) is 11.1 Å². The summed E-state index contributed by atoms with van der Waals surface area (Å²) in [5.74, 6) is -0.724. The highest BCUT2D eigenvalue weighted by Crippen LogP contribution is 2.27. The summed E-state index contributed by atoms with van der Waals surface area (Å²) in [5, 5.41) is 1.86. The van der Waals surface area contributed by atoms with E-state index in [0.717, 1.165) is 21.9 Å². The maximum atomic E-state index is 11.7. The number of hydrogen-bond acceptors (Lipinski definition) is 4. The molecule has 2 aromatic carbocycles. The second-order valence-corrected chi connectivity index (χ2v) is 4.55. The molecule has 0 atom stereocenters. The number of hydrogen-bond donors (Lipinski definition) is 0. The molecule has 0 aliphatic rings. The molecule has 0 aliphatic carbocycles. The van der Waals surface area contributed by atoms with Crippen LogP contribution in [0.5, 0.6) is 0 Å². The number of carbonyl (C=O) groups excluding carboxylic acids is 2. The minimum atomic E-state index is -0.362. The lowest BCUT2D eigenvalue weighted by atomic mass is 9.94. The zero-order valence-corrected chi connectivity index (χ0v) is 11.9. The van der Waals surface area contributed by atoms with Crippen LogP contribution in [0, 0.1) is 13.8 Å². The SMILES string of the molecule is COC(=O)c1ccc2c(C)c(C(=O)OC)ccc2c1C. The minimum Gasteiger partial charge on any atom is -0.465 e. The Kier molecular flexibility index (Phi) is 3.74. The summed E-state index contributed by atoms with van der Waals surface area (Å²) in [7, 11) is 2.72. The molecule has 0 radical (unpaired) electrons. The van der Waals surface area contributed by atoms with Gasteiger partial charge in [-0.25, -0.2) is 9.59 Å². The first-order chi connectivity index (χ1) is 9.51. The van der Waals surface area contributed by atoms with Crippen molar-refractivity contribution in [2.75, 3.05) is 14.2 Å². The van der Waals surface area contributed by atoms with Gasteiger partial charge in [-0.3, -0.25) is 0 Å². The Bertz CT molecular complexity index is 640. The molecule has 2 rings (SSSR count). The van der Waals surface area contributed by atoms with Gasteiger partial charge < -0.3 is 9.47 Å². The Hall–Kier alpha value is -2.36. The van der Waals surface area contributed by atoms with Crippen LogP contribution >= 0.6 is 0 Å². The predicted octanol–water partition coefficient (Wildman–Crippen LogP) is 3.03. The zero-order valence-electron chi connectivity index (χ0n) is 11.9. The fourth-order valence-electron chi connectivity index (χ4n) is 2.37. The largest absolute Gasteiger partial charge is 0.465 e. The third-order valence-electron chi connectivity index (χ3n) is 3.55. The van der Waals surface area contributed by atoms with Crippen molar-refractivity contribution < 1.29 is 19.1 Å². The summed E-state index contributed by atoms with van der Waals surface area (Å²) in [4.78, 5) is 23.4. The van der Waals surface area contributed by atoms with E-state index in [2.05, 4.69) is 0 Å². The van der Waals surface area contributed by atoms with Gasteiger partial charge in [0.25, 0.3) is 0 Å². The Labute approximate surface area is 117 Å². The van der Waals surface area contributed by atoms with E-state index in [1.165, 1.54) is 14.2 Å². The van der Waals surface area contributed by atoms with E-state index in [1.807, 2.05) is 26.0 Å². The van der Waals surface area contributed by atoms with Gasteiger partial charge in [-0.2, -0.15) is 0 Å². The first-order valence-electron chi connectivity index (χ1n) is 6.20. The third-order valence-corrected chi connectivity index (χ3v) is 3.55. The van der Waals surface area contributed by atoms with Crippen LogP contribution in [0.1, 0.15) is 31.8 Å². The second-order valence-electron chi connectivity index (χ2n) is 4.55. The van der Waals surface area contributed by atoms with Gasteiger partial charge >= 0.3 is 11.9 Å². The highest BCUT2D eigenvalue weighted by atomic mass is 16.5. The number of benzene rings is 2. The lowest BCUT2D eigenvalue weighted by molar-refractivity contribution is 0.0590. The smallest absolute Gasteiger partial charge is 0.338 e. The minimum absolute atomic E-state index is 0.362. The highest BCUT2D eigenvalue weighted by molar-refractivity contribution is 6.03. The fourth-order valence-corrected chi connectivity index (χ4v) is 2.37. The molecular weight excluding hydrogens is 256 g/mol. The Balaban J connectivity index is 2.71. The standard InChI is InChI=1S/C16H16O4/c1-9-11-5-8-14(16(18)20-4)10(2)12(11)6-7-13(9)15(17)19-3/h5-8H,1-4H3. The van der Waals surface area contributed by atoms with Crippen molar-refractivity contribution in [2.24, 2.45) is 0 Å². The molecule has 4 nitrogen and oxygen atoms in total. The molecule has 0 aromatic heterocycles. The van der Waals surface area contributed by atoms with Gasteiger partial charge in [0.1, 0.15) is 0 Å². The number of carbonyl (C=O) groups is 2. The molecule has 0 amide bonds. The van der Waals surface area contributed by atoms with Gasteiger partial charge in [-0.05, 0) is 47.9 Å².